The summed E-state index contributed by atoms with van der Waals surface area (Å²) >= 11 is 6.72. The molecule has 20 heavy (non-hydrogen) atoms. The van der Waals surface area contributed by atoms with Crippen molar-refractivity contribution in [3.63, 3.8) is 0 Å². The minimum absolute atomic E-state index is 0.403. The van der Waals surface area contributed by atoms with E-state index in [0.29, 0.717) is 25.1 Å². The number of benzene rings is 1. The van der Waals surface area contributed by atoms with Crippen molar-refractivity contribution in [3.8, 4) is 0 Å². The first-order valence-electron chi connectivity index (χ1n) is 6.12. The van der Waals surface area contributed by atoms with Crippen molar-refractivity contribution in [3.05, 3.63) is 27.1 Å². The quantitative estimate of drug-likeness (QED) is 0.788. The van der Waals surface area contributed by atoms with Gasteiger partial charge in [0.25, 0.3) is 0 Å². The van der Waals surface area contributed by atoms with Gasteiger partial charge in [0.2, 0.25) is 0 Å². The molecule has 1 aromatic carbocycles. The molecular weight excluding hydrogens is 392 g/mol. The number of nitrogens with zero attached hydrogens (tertiary/aromatic N) is 1. The van der Waals surface area contributed by atoms with Crippen LogP contribution in [0.15, 0.2) is 27.1 Å². The number of likely N-dealkylation sites (tertiary alicyclic amines) is 1. The molecule has 2 amide bonds. The third kappa shape index (κ3) is 2.69. The zero-order valence-corrected chi connectivity index (χ0v) is 14.0. The number of carbonyl (C=O) groups excluding carboxylic acids is 1. The van der Waals surface area contributed by atoms with E-state index in [2.05, 4.69) is 37.2 Å². The van der Waals surface area contributed by atoms with Crippen LogP contribution in [0.5, 0.6) is 0 Å². The first kappa shape index (κ1) is 15.3. The van der Waals surface area contributed by atoms with Crippen LogP contribution in [-0.2, 0) is 4.79 Å². The lowest BCUT2D eigenvalue weighted by Gasteiger charge is -2.31. The van der Waals surface area contributed by atoms with Gasteiger partial charge in [-0.1, -0.05) is 6.07 Å². The molecule has 2 rings (SSSR count). The third-order valence-corrected chi connectivity index (χ3v) is 4.86. The molecule has 1 aromatic rings. The van der Waals surface area contributed by atoms with E-state index in [4.69, 9.17) is 0 Å². The minimum Gasteiger partial charge on any atom is -0.480 e. The van der Waals surface area contributed by atoms with Crippen molar-refractivity contribution >= 4 is 49.5 Å². The van der Waals surface area contributed by atoms with Crippen molar-refractivity contribution in [1.29, 1.82) is 0 Å². The van der Waals surface area contributed by atoms with E-state index in [1.165, 1.54) is 4.90 Å². The fourth-order valence-corrected chi connectivity index (χ4v) is 3.50. The van der Waals surface area contributed by atoms with Gasteiger partial charge >= 0.3 is 12.0 Å². The molecule has 0 saturated carbocycles. The molecule has 2 N–H and O–H groups in total. The molecule has 0 aromatic heterocycles. The van der Waals surface area contributed by atoms with Gasteiger partial charge in [-0.3, -0.25) is 0 Å². The van der Waals surface area contributed by atoms with Gasteiger partial charge in [-0.2, -0.15) is 0 Å². The van der Waals surface area contributed by atoms with Crippen LogP contribution < -0.4 is 5.32 Å². The molecule has 0 bridgehead atoms. The third-order valence-electron chi connectivity index (χ3n) is 3.54. The monoisotopic (exact) mass is 404 g/mol. The average molecular weight is 406 g/mol. The standard InChI is InChI=1S/C13H14Br2N2O3/c1-13(11(18)19)6-3-7-17(13)12(20)16-10-8(14)4-2-5-9(10)15/h2,4-5H,3,6-7H2,1H3,(H,16,20)(H,18,19). The van der Waals surface area contributed by atoms with Gasteiger partial charge in [0.15, 0.2) is 0 Å². The lowest BCUT2D eigenvalue weighted by Crippen LogP contribution is -2.52. The van der Waals surface area contributed by atoms with E-state index >= 15 is 0 Å². The predicted octanol–water partition coefficient (Wildman–Crippen LogP) is 3.68. The van der Waals surface area contributed by atoms with Crippen molar-refractivity contribution in [2.75, 3.05) is 11.9 Å². The fraction of sp³-hybridized carbons (Fsp3) is 0.385. The van der Waals surface area contributed by atoms with Crippen LogP contribution in [0.2, 0.25) is 0 Å². The average Bonchev–Trinajstić information content (AvgIpc) is 2.77. The number of carboxylic acid groups (broad SMARTS) is 1. The maximum absolute atomic E-state index is 12.3. The normalized spacial score (nSPS) is 21.9. The molecule has 5 nitrogen and oxygen atoms in total. The summed E-state index contributed by atoms with van der Waals surface area (Å²) in [5.74, 6) is -0.976. The molecule has 1 heterocycles. The SMILES string of the molecule is CC1(C(=O)O)CCCN1C(=O)Nc1c(Br)cccc1Br. The summed E-state index contributed by atoms with van der Waals surface area (Å²) in [5.41, 5.74) is -0.546. The van der Waals surface area contributed by atoms with Gasteiger partial charge in [-0.05, 0) is 63.8 Å². The summed E-state index contributed by atoms with van der Waals surface area (Å²) in [6.07, 6.45) is 1.15. The Morgan fingerprint density at radius 3 is 2.50 bits per heavy atom. The molecule has 0 aliphatic carbocycles. The highest BCUT2D eigenvalue weighted by Crippen LogP contribution is 2.33. The fourth-order valence-electron chi connectivity index (χ4n) is 2.30. The predicted molar refractivity (Wildman–Crippen MR) is 82.8 cm³/mol. The number of hydrogen-bond donors (Lipinski definition) is 2. The molecule has 1 saturated heterocycles. The number of carboxylic acids is 1. The lowest BCUT2D eigenvalue weighted by atomic mass is 10.00. The van der Waals surface area contributed by atoms with E-state index in [9.17, 15) is 14.7 Å². The van der Waals surface area contributed by atoms with Gasteiger partial charge in [-0.25, -0.2) is 9.59 Å². The van der Waals surface area contributed by atoms with Crippen LogP contribution in [0.1, 0.15) is 19.8 Å². The topological polar surface area (TPSA) is 69.6 Å². The van der Waals surface area contributed by atoms with Crippen LogP contribution >= 0.6 is 31.9 Å². The Balaban J connectivity index is 2.23. The van der Waals surface area contributed by atoms with E-state index in [0.717, 1.165) is 8.95 Å². The second-order valence-electron chi connectivity index (χ2n) is 4.86. The highest BCUT2D eigenvalue weighted by Gasteiger charge is 2.46. The van der Waals surface area contributed by atoms with Crippen LogP contribution in [-0.4, -0.2) is 34.1 Å². The Hall–Kier alpha value is -1.08. The van der Waals surface area contributed by atoms with Gasteiger partial charge in [-0.15, -0.1) is 0 Å². The smallest absolute Gasteiger partial charge is 0.329 e. The molecule has 108 valence electrons. The second kappa shape index (κ2) is 5.73. The van der Waals surface area contributed by atoms with Crippen molar-refractivity contribution < 1.29 is 14.7 Å². The summed E-state index contributed by atoms with van der Waals surface area (Å²) in [4.78, 5) is 25.1. The lowest BCUT2D eigenvalue weighted by molar-refractivity contribution is -0.146. The van der Waals surface area contributed by atoms with Crippen molar-refractivity contribution in [2.24, 2.45) is 0 Å². The molecule has 0 spiro atoms. The van der Waals surface area contributed by atoms with Gasteiger partial charge in [0, 0.05) is 15.5 Å². The summed E-state index contributed by atoms with van der Waals surface area (Å²) in [6.45, 7) is 2.02. The van der Waals surface area contributed by atoms with Crippen LogP contribution in [0.25, 0.3) is 0 Å². The summed E-state index contributed by atoms with van der Waals surface area (Å²) < 4.78 is 1.47. The number of aliphatic carboxylic acids is 1. The molecule has 1 aliphatic heterocycles. The number of rotatable bonds is 2. The molecule has 1 aliphatic rings. The number of hydrogen-bond acceptors (Lipinski definition) is 2. The Kier molecular flexibility index (Phi) is 4.39. The minimum atomic E-state index is -1.14. The molecule has 1 unspecified atom stereocenters. The largest absolute Gasteiger partial charge is 0.480 e. The van der Waals surface area contributed by atoms with Crippen LogP contribution in [0.4, 0.5) is 10.5 Å². The highest BCUT2D eigenvalue weighted by atomic mass is 79.9. The van der Waals surface area contributed by atoms with E-state index < -0.39 is 17.5 Å². The number of para-hydroxylation sites is 1. The Morgan fingerprint density at radius 2 is 1.95 bits per heavy atom. The number of nitrogens with one attached hydrogen (secondary N) is 1. The molecule has 0 radical (unpaired) electrons. The van der Waals surface area contributed by atoms with Crippen molar-refractivity contribution in [1.82, 2.24) is 4.90 Å². The number of urea groups is 1. The Bertz CT molecular complexity index is 544. The maximum atomic E-state index is 12.3. The van der Waals surface area contributed by atoms with Crippen LogP contribution in [0, 0.1) is 0 Å². The maximum Gasteiger partial charge on any atom is 0.329 e. The van der Waals surface area contributed by atoms with Gasteiger partial charge in [0.1, 0.15) is 5.54 Å². The molecule has 7 heteroatoms. The number of amides is 2. The van der Waals surface area contributed by atoms with E-state index in [1.54, 1.807) is 19.1 Å². The number of halogens is 2. The van der Waals surface area contributed by atoms with E-state index in [1.807, 2.05) is 6.07 Å². The van der Waals surface area contributed by atoms with Gasteiger partial charge in [0.05, 0.1) is 5.69 Å². The first-order valence-corrected chi connectivity index (χ1v) is 7.71. The van der Waals surface area contributed by atoms with E-state index in [-0.39, 0.29) is 0 Å². The molecule has 1 fully saturated rings. The zero-order valence-electron chi connectivity index (χ0n) is 10.8. The first-order chi connectivity index (χ1) is 9.36. The number of anilines is 1. The summed E-state index contributed by atoms with van der Waals surface area (Å²) in [5, 5.41) is 12.1. The summed E-state index contributed by atoms with van der Waals surface area (Å²) in [7, 11) is 0. The summed E-state index contributed by atoms with van der Waals surface area (Å²) in [6, 6.07) is 5.04. The van der Waals surface area contributed by atoms with Gasteiger partial charge < -0.3 is 15.3 Å². The Morgan fingerprint density at radius 1 is 1.35 bits per heavy atom. The zero-order chi connectivity index (χ0) is 14.9. The molecule has 1 atom stereocenters. The Labute approximate surface area is 133 Å². The second-order valence-corrected chi connectivity index (χ2v) is 6.57. The highest BCUT2D eigenvalue weighted by molar-refractivity contribution is 9.11. The molecular formula is C13H14Br2N2O3. The van der Waals surface area contributed by atoms with Crippen molar-refractivity contribution in [2.45, 2.75) is 25.3 Å². The van der Waals surface area contributed by atoms with Crippen LogP contribution in [0.3, 0.4) is 0 Å². The number of carbonyl (C=O) groups is 2.